The van der Waals surface area contributed by atoms with Crippen LogP contribution >= 0.6 is 0 Å². The fraction of sp³-hybridized carbons (Fsp3) is 0.353. The number of aryl methyl sites for hydroxylation is 1. The first kappa shape index (κ1) is 16.0. The highest BCUT2D eigenvalue weighted by atomic mass is 16.4. The summed E-state index contributed by atoms with van der Waals surface area (Å²) in [6.07, 6.45) is 0.839. The zero-order valence-electron chi connectivity index (χ0n) is 13.7. The number of rotatable bonds is 4. The van der Waals surface area contributed by atoms with E-state index >= 15 is 0 Å². The standard InChI is InChI=1S/C17H20N4O3/c1-3-11-7-5-6-8-14(11)21(4-2)17(24)20-9-12-13(10-20)18-19-15(12)16(22)23/h5-8H,3-4,9-10H2,1-2H3,(H,18,19)(H,22,23). The first-order chi connectivity index (χ1) is 11.6. The van der Waals surface area contributed by atoms with Gasteiger partial charge < -0.3 is 10.0 Å². The van der Waals surface area contributed by atoms with Crippen LogP contribution < -0.4 is 4.90 Å². The number of carbonyl (C=O) groups excluding carboxylic acids is 1. The fourth-order valence-corrected chi connectivity index (χ4v) is 3.10. The van der Waals surface area contributed by atoms with Crippen LogP contribution in [0.1, 0.15) is 41.2 Å². The number of para-hydroxylation sites is 1. The van der Waals surface area contributed by atoms with E-state index in [2.05, 4.69) is 17.1 Å². The molecule has 0 radical (unpaired) electrons. The number of fused-ring (bicyclic) bond motifs is 1. The minimum absolute atomic E-state index is 0.00249. The van der Waals surface area contributed by atoms with E-state index in [0.29, 0.717) is 24.3 Å². The number of amides is 2. The van der Waals surface area contributed by atoms with Gasteiger partial charge in [0, 0.05) is 17.8 Å². The van der Waals surface area contributed by atoms with E-state index in [1.165, 1.54) is 0 Å². The van der Waals surface area contributed by atoms with Crippen LogP contribution in [0.3, 0.4) is 0 Å². The number of nitrogens with zero attached hydrogens (tertiary/aromatic N) is 3. The van der Waals surface area contributed by atoms with Gasteiger partial charge in [0.05, 0.1) is 18.8 Å². The van der Waals surface area contributed by atoms with Crippen molar-refractivity contribution in [2.24, 2.45) is 0 Å². The van der Waals surface area contributed by atoms with Gasteiger partial charge in [-0.1, -0.05) is 25.1 Å². The molecule has 0 saturated heterocycles. The van der Waals surface area contributed by atoms with Crippen LogP contribution in [-0.4, -0.2) is 38.7 Å². The molecule has 1 aliphatic rings. The van der Waals surface area contributed by atoms with Crippen LogP contribution in [0.4, 0.5) is 10.5 Å². The molecule has 0 saturated carbocycles. The number of aromatic amines is 1. The van der Waals surface area contributed by atoms with Gasteiger partial charge in [0.1, 0.15) is 0 Å². The van der Waals surface area contributed by atoms with Crippen LogP contribution in [0.2, 0.25) is 0 Å². The number of nitrogens with one attached hydrogen (secondary N) is 1. The predicted octanol–water partition coefficient (Wildman–Crippen LogP) is 2.63. The largest absolute Gasteiger partial charge is 0.476 e. The third-order valence-electron chi connectivity index (χ3n) is 4.33. The Kier molecular flexibility index (Phi) is 4.24. The highest BCUT2D eigenvalue weighted by molar-refractivity contribution is 5.94. The highest BCUT2D eigenvalue weighted by Gasteiger charge is 2.33. The van der Waals surface area contributed by atoms with E-state index in [0.717, 1.165) is 17.7 Å². The summed E-state index contributed by atoms with van der Waals surface area (Å²) in [5, 5.41) is 15.7. The summed E-state index contributed by atoms with van der Waals surface area (Å²) in [4.78, 5) is 27.5. The monoisotopic (exact) mass is 328 g/mol. The van der Waals surface area contributed by atoms with Crippen LogP contribution in [0, 0.1) is 0 Å². The van der Waals surface area contributed by atoms with Gasteiger partial charge in [0.15, 0.2) is 5.69 Å². The van der Waals surface area contributed by atoms with Crippen molar-refractivity contribution in [2.75, 3.05) is 11.4 Å². The molecule has 0 aliphatic carbocycles. The smallest absolute Gasteiger partial charge is 0.356 e. The number of carboxylic acids is 1. The molecule has 7 nitrogen and oxygen atoms in total. The predicted molar refractivity (Wildman–Crippen MR) is 89.0 cm³/mol. The minimum Gasteiger partial charge on any atom is -0.476 e. The number of urea groups is 1. The van der Waals surface area contributed by atoms with E-state index in [1.54, 1.807) is 9.80 Å². The normalized spacial score (nSPS) is 13.0. The molecule has 3 rings (SSSR count). The van der Waals surface area contributed by atoms with Gasteiger partial charge >= 0.3 is 12.0 Å². The number of H-pyrrole nitrogens is 1. The van der Waals surface area contributed by atoms with E-state index in [1.807, 2.05) is 31.2 Å². The SMILES string of the molecule is CCc1ccccc1N(CC)C(=O)N1Cc2[nH]nc(C(=O)O)c2C1. The van der Waals surface area contributed by atoms with Crippen molar-refractivity contribution < 1.29 is 14.7 Å². The van der Waals surface area contributed by atoms with Crippen molar-refractivity contribution >= 4 is 17.7 Å². The number of aromatic carboxylic acids is 1. The van der Waals surface area contributed by atoms with E-state index in [-0.39, 0.29) is 18.3 Å². The first-order valence-corrected chi connectivity index (χ1v) is 8.00. The summed E-state index contributed by atoms with van der Waals surface area (Å²) in [6, 6.07) is 7.72. The first-order valence-electron chi connectivity index (χ1n) is 8.00. The molecule has 2 N–H and O–H groups in total. The molecule has 1 aromatic carbocycles. The molecule has 0 bridgehead atoms. The van der Waals surface area contributed by atoms with Gasteiger partial charge in [-0.25, -0.2) is 9.59 Å². The maximum atomic E-state index is 13.0. The summed E-state index contributed by atoms with van der Waals surface area (Å²) in [6.45, 7) is 5.15. The lowest BCUT2D eigenvalue weighted by Crippen LogP contribution is -2.41. The molecular formula is C17H20N4O3. The second kappa shape index (κ2) is 6.35. The molecule has 0 spiro atoms. The fourth-order valence-electron chi connectivity index (χ4n) is 3.10. The van der Waals surface area contributed by atoms with E-state index in [4.69, 9.17) is 5.11 Å². The lowest BCUT2D eigenvalue weighted by molar-refractivity contribution is 0.0688. The van der Waals surface area contributed by atoms with E-state index < -0.39 is 5.97 Å². The van der Waals surface area contributed by atoms with Gasteiger partial charge in [-0.15, -0.1) is 0 Å². The van der Waals surface area contributed by atoms with E-state index in [9.17, 15) is 9.59 Å². The Morgan fingerprint density at radius 1 is 1.29 bits per heavy atom. The highest BCUT2D eigenvalue weighted by Crippen LogP contribution is 2.28. The number of hydrogen-bond acceptors (Lipinski definition) is 3. The third-order valence-corrected chi connectivity index (χ3v) is 4.33. The van der Waals surface area contributed by atoms with Gasteiger partial charge in [0.25, 0.3) is 0 Å². The number of anilines is 1. The molecule has 2 heterocycles. The Hall–Kier alpha value is -2.83. The van der Waals surface area contributed by atoms with Crippen LogP contribution in [0.5, 0.6) is 0 Å². The molecular weight excluding hydrogens is 308 g/mol. The quantitative estimate of drug-likeness (QED) is 0.903. The number of carboxylic acid groups (broad SMARTS) is 1. The maximum Gasteiger partial charge on any atom is 0.356 e. The van der Waals surface area contributed by atoms with Crippen molar-refractivity contribution in [3.05, 3.63) is 46.8 Å². The molecule has 126 valence electrons. The van der Waals surface area contributed by atoms with Crippen LogP contribution in [-0.2, 0) is 19.5 Å². The lowest BCUT2D eigenvalue weighted by atomic mass is 10.1. The average Bonchev–Trinajstić information content (AvgIpc) is 3.16. The molecule has 0 fully saturated rings. The van der Waals surface area contributed by atoms with Gasteiger partial charge in [-0.2, -0.15) is 5.10 Å². The number of benzene rings is 1. The molecule has 2 amide bonds. The number of aromatic nitrogens is 2. The van der Waals surface area contributed by atoms with Crippen molar-refractivity contribution in [3.63, 3.8) is 0 Å². The molecule has 0 unspecified atom stereocenters. The Bertz CT molecular complexity index is 784. The average molecular weight is 328 g/mol. The molecule has 1 aliphatic heterocycles. The summed E-state index contributed by atoms with van der Waals surface area (Å²) in [5.41, 5.74) is 3.30. The summed E-state index contributed by atoms with van der Waals surface area (Å²) in [5.74, 6) is -1.08. The maximum absolute atomic E-state index is 13.0. The second-order valence-corrected chi connectivity index (χ2v) is 5.70. The zero-order valence-corrected chi connectivity index (χ0v) is 13.7. The molecule has 7 heteroatoms. The molecule has 0 atom stereocenters. The van der Waals surface area contributed by atoms with Crippen molar-refractivity contribution in [1.82, 2.24) is 15.1 Å². The topological polar surface area (TPSA) is 89.5 Å². The summed E-state index contributed by atoms with van der Waals surface area (Å²) in [7, 11) is 0. The number of hydrogen-bond donors (Lipinski definition) is 2. The molecule has 2 aromatic rings. The Labute approximate surface area is 139 Å². The minimum atomic E-state index is -1.08. The van der Waals surface area contributed by atoms with Crippen molar-refractivity contribution in [2.45, 2.75) is 33.4 Å². The molecule has 24 heavy (non-hydrogen) atoms. The number of carbonyl (C=O) groups is 2. The Morgan fingerprint density at radius 3 is 2.71 bits per heavy atom. The lowest BCUT2D eigenvalue weighted by Gasteiger charge is -2.28. The second-order valence-electron chi connectivity index (χ2n) is 5.70. The zero-order chi connectivity index (χ0) is 17.3. The van der Waals surface area contributed by atoms with Crippen molar-refractivity contribution in [3.8, 4) is 0 Å². The van der Waals surface area contributed by atoms with Gasteiger partial charge in [-0.05, 0) is 25.0 Å². The van der Waals surface area contributed by atoms with Crippen LogP contribution in [0.15, 0.2) is 24.3 Å². The van der Waals surface area contributed by atoms with Gasteiger partial charge in [0.2, 0.25) is 0 Å². The summed E-state index contributed by atoms with van der Waals surface area (Å²) < 4.78 is 0. The van der Waals surface area contributed by atoms with Crippen LogP contribution in [0.25, 0.3) is 0 Å². The summed E-state index contributed by atoms with van der Waals surface area (Å²) >= 11 is 0. The Morgan fingerprint density at radius 2 is 2.04 bits per heavy atom. The molecule has 1 aromatic heterocycles. The Balaban J connectivity index is 1.85. The van der Waals surface area contributed by atoms with Crippen molar-refractivity contribution in [1.29, 1.82) is 0 Å². The van der Waals surface area contributed by atoms with Gasteiger partial charge in [-0.3, -0.25) is 10.00 Å². The third kappa shape index (κ3) is 2.62.